The van der Waals surface area contributed by atoms with Crippen LogP contribution in [-0.2, 0) is 9.53 Å². The van der Waals surface area contributed by atoms with Crippen LogP contribution in [0, 0.1) is 0 Å². The van der Waals surface area contributed by atoms with Crippen molar-refractivity contribution in [2.75, 3.05) is 28.4 Å². The molecule has 0 saturated carbocycles. The number of hydrogen-bond acceptors (Lipinski definition) is 7. The van der Waals surface area contributed by atoms with Gasteiger partial charge in [-0.05, 0) is 17.7 Å². The van der Waals surface area contributed by atoms with E-state index in [1.807, 2.05) is 0 Å². The highest BCUT2D eigenvalue weighted by atomic mass is 16.5. The zero-order valence-electron chi connectivity index (χ0n) is 15.5. The number of esters is 2. The van der Waals surface area contributed by atoms with Gasteiger partial charge in [0, 0.05) is 17.5 Å². The van der Waals surface area contributed by atoms with Gasteiger partial charge in [-0.2, -0.15) is 0 Å². The molecule has 2 aromatic rings. The summed E-state index contributed by atoms with van der Waals surface area (Å²) in [7, 11) is 5.86. The van der Waals surface area contributed by atoms with Crippen molar-refractivity contribution in [1.29, 1.82) is 0 Å². The van der Waals surface area contributed by atoms with E-state index in [-0.39, 0.29) is 18.3 Å². The fraction of sp³-hybridized carbons (Fsp3) is 0.300. The molecule has 0 aromatic heterocycles. The van der Waals surface area contributed by atoms with Gasteiger partial charge in [0.25, 0.3) is 0 Å². The predicted octanol–water partition coefficient (Wildman–Crippen LogP) is 2.94. The highest BCUT2D eigenvalue weighted by molar-refractivity contribution is 5.89. The van der Waals surface area contributed by atoms with Crippen LogP contribution in [0.5, 0.6) is 23.0 Å². The summed E-state index contributed by atoms with van der Waals surface area (Å²) in [5, 5.41) is 0. The fourth-order valence-corrected chi connectivity index (χ4v) is 3.26. The summed E-state index contributed by atoms with van der Waals surface area (Å²) in [5.41, 5.74) is 1.96. The van der Waals surface area contributed by atoms with Gasteiger partial charge in [-0.25, -0.2) is 4.79 Å². The first kappa shape index (κ1) is 18.6. The van der Waals surface area contributed by atoms with Crippen LogP contribution in [0.3, 0.4) is 0 Å². The third kappa shape index (κ3) is 3.28. The van der Waals surface area contributed by atoms with Crippen molar-refractivity contribution in [2.24, 2.45) is 0 Å². The van der Waals surface area contributed by atoms with Crippen LogP contribution in [0.25, 0.3) is 0 Å². The molecule has 0 radical (unpaired) electrons. The SMILES string of the molecule is COC(=O)c1ccc([C@H]2CC(=O)Oc3cc(OC)c(OC)c(OC)c32)cc1. The first-order valence-corrected chi connectivity index (χ1v) is 8.25. The second-order valence-corrected chi connectivity index (χ2v) is 5.90. The molecule has 1 aliphatic rings. The maximum atomic E-state index is 12.2. The third-order valence-electron chi connectivity index (χ3n) is 4.51. The highest BCUT2D eigenvalue weighted by Gasteiger charge is 2.35. The summed E-state index contributed by atoms with van der Waals surface area (Å²) >= 11 is 0. The van der Waals surface area contributed by atoms with Gasteiger partial charge in [0.05, 0.1) is 40.4 Å². The Kier molecular flexibility index (Phi) is 5.21. The second kappa shape index (κ2) is 7.57. The first-order valence-electron chi connectivity index (χ1n) is 8.25. The Morgan fingerprint density at radius 2 is 1.67 bits per heavy atom. The number of hydrogen-bond donors (Lipinski definition) is 0. The number of ether oxygens (including phenoxy) is 5. The van der Waals surface area contributed by atoms with Crippen LogP contribution in [0.4, 0.5) is 0 Å². The van der Waals surface area contributed by atoms with E-state index in [0.29, 0.717) is 34.1 Å². The number of rotatable bonds is 5. The van der Waals surface area contributed by atoms with Crippen molar-refractivity contribution in [3.05, 3.63) is 47.0 Å². The van der Waals surface area contributed by atoms with E-state index in [2.05, 4.69) is 0 Å². The van der Waals surface area contributed by atoms with Gasteiger partial charge in [0.2, 0.25) is 5.75 Å². The van der Waals surface area contributed by atoms with Crippen LogP contribution in [0.2, 0.25) is 0 Å². The van der Waals surface area contributed by atoms with E-state index >= 15 is 0 Å². The van der Waals surface area contributed by atoms with E-state index in [9.17, 15) is 9.59 Å². The smallest absolute Gasteiger partial charge is 0.337 e. The normalized spacial score (nSPS) is 15.4. The van der Waals surface area contributed by atoms with Gasteiger partial charge >= 0.3 is 11.9 Å². The molecule has 142 valence electrons. The zero-order chi connectivity index (χ0) is 19.6. The molecule has 1 atom stereocenters. The fourth-order valence-electron chi connectivity index (χ4n) is 3.26. The summed E-state index contributed by atoms with van der Waals surface area (Å²) < 4.78 is 26.5. The Labute approximate surface area is 156 Å². The summed E-state index contributed by atoms with van der Waals surface area (Å²) in [6.07, 6.45) is 0.135. The van der Waals surface area contributed by atoms with E-state index < -0.39 is 5.97 Å². The molecule has 0 unspecified atom stereocenters. The Morgan fingerprint density at radius 1 is 1.00 bits per heavy atom. The minimum absolute atomic E-state index is 0.135. The molecule has 0 fully saturated rings. The molecule has 0 bridgehead atoms. The summed E-state index contributed by atoms with van der Waals surface area (Å²) in [5.74, 6) is 0.537. The number of benzene rings is 2. The molecule has 0 amide bonds. The molecular formula is C20H20O7. The molecule has 27 heavy (non-hydrogen) atoms. The van der Waals surface area contributed by atoms with Crippen LogP contribution in [0.15, 0.2) is 30.3 Å². The number of carbonyl (C=O) groups excluding carboxylic acids is 2. The molecule has 2 aromatic carbocycles. The lowest BCUT2D eigenvalue weighted by atomic mass is 9.85. The number of fused-ring (bicyclic) bond motifs is 1. The second-order valence-electron chi connectivity index (χ2n) is 5.90. The Bertz CT molecular complexity index is 871. The van der Waals surface area contributed by atoms with Gasteiger partial charge in [0.1, 0.15) is 5.75 Å². The van der Waals surface area contributed by atoms with Crippen molar-refractivity contribution in [1.82, 2.24) is 0 Å². The topological polar surface area (TPSA) is 80.3 Å². The zero-order valence-corrected chi connectivity index (χ0v) is 15.5. The molecule has 0 spiro atoms. The minimum atomic E-state index is -0.422. The summed E-state index contributed by atoms with van der Waals surface area (Å²) in [6.45, 7) is 0. The minimum Gasteiger partial charge on any atom is -0.493 e. The van der Waals surface area contributed by atoms with Gasteiger partial charge < -0.3 is 23.7 Å². The molecule has 1 heterocycles. The number of carbonyl (C=O) groups is 2. The van der Waals surface area contributed by atoms with Gasteiger partial charge in [-0.3, -0.25) is 4.79 Å². The standard InChI is InChI=1S/C20H20O7/c1-23-15-10-14-17(19(25-3)18(15)24-2)13(9-16(21)27-14)11-5-7-12(8-6-11)20(22)26-4/h5-8,10,13H,9H2,1-4H3/t13-/m1/s1. The molecule has 7 nitrogen and oxygen atoms in total. The lowest BCUT2D eigenvalue weighted by molar-refractivity contribution is -0.135. The van der Waals surface area contributed by atoms with E-state index in [4.69, 9.17) is 23.7 Å². The van der Waals surface area contributed by atoms with Gasteiger partial charge in [-0.15, -0.1) is 0 Å². The Morgan fingerprint density at radius 3 is 2.22 bits per heavy atom. The summed E-state index contributed by atoms with van der Waals surface area (Å²) in [4.78, 5) is 23.8. The van der Waals surface area contributed by atoms with Crippen LogP contribution in [0.1, 0.15) is 33.8 Å². The predicted molar refractivity (Wildman–Crippen MR) is 96.0 cm³/mol. The lowest BCUT2D eigenvalue weighted by Crippen LogP contribution is -2.22. The molecule has 7 heteroatoms. The first-order chi connectivity index (χ1) is 13.0. The quantitative estimate of drug-likeness (QED) is 0.590. The Balaban J connectivity index is 2.14. The van der Waals surface area contributed by atoms with Crippen molar-refractivity contribution in [3.63, 3.8) is 0 Å². The molecule has 0 N–H and O–H groups in total. The molecule has 0 aliphatic carbocycles. The largest absolute Gasteiger partial charge is 0.493 e. The third-order valence-corrected chi connectivity index (χ3v) is 4.51. The molecular weight excluding hydrogens is 352 g/mol. The van der Waals surface area contributed by atoms with Crippen molar-refractivity contribution < 1.29 is 33.3 Å². The number of methoxy groups -OCH3 is 4. The van der Waals surface area contributed by atoms with Crippen molar-refractivity contribution >= 4 is 11.9 Å². The van der Waals surface area contributed by atoms with Crippen LogP contribution < -0.4 is 18.9 Å². The van der Waals surface area contributed by atoms with Crippen molar-refractivity contribution in [2.45, 2.75) is 12.3 Å². The monoisotopic (exact) mass is 372 g/mol. The maximum Gasteiger partial charge on any atom is 0.337 e. The highest BCUT2D eigenvalue weighted by Crippen LogP contribution is 2.52. The average molecular weight is 372 g/mol. The van der Waals surface area contributed by atoms with Crippen LogP contribution >= 0.6 is 0 Å². The van der Waals surface area contributed by atoms with Gasteiger partial charge in [0.15, 0.2) is 11.5 Å². The average Bonchev–Trinajstić information content (AvgIpc) is 2.70. The molecule has 0 saturated heterocycles. The molecule has 1 aliphatic heterocycles. The maximum absolute atomic E-state index is 12.2. The van der Waals surface area contributed by atoms with Crippen molar-refractivity contribution in [3.8, 4) is 23.0 Å². The van der Waals surface area contributed by atoms with E-state index in [0.717, 1.165) is 5.56 Å². The molecule has 3 rings (SSSR count). The summed E-state index contributed by atoms with van der Waals surface area (Å²) in [6, 6.07) is 8.51. The van der Waals surface area contributed by atoms with Crippen LogP contribution in [-0.4, -0.2) is 40.4 Å². The van der Waals surface area contributed by atoms with E-state index in [1.165, 1.54) is 28.4 Å². The Hall–Kier alpha value is -3.22. The van der Waals surface area contributed by atoms with E-state index in [1.54, 1.807) is 30.3 Å². The van der Waals surface area contributed by atoms with Gasteiger partial charge in [-0.1, -0.05) is 12.1 Å². The lowest BCUT2D eigenvalue weighted by Gasteiger charge is -2.28.